The lowest BCUT2D eigenvalue weighted by atomic mass is 9.86. The van der Waals surface area contributed by atoms with Crippen LogP contribution in [0.15, 0.2) is 12.1 Å². The van der Waals surface area contributed by atoms with Crippen LogP contribution in [0, 0.1) is 23.4 Å². The lowest BCUT2D eigenvalue weighted by Crippen LogP contribution is -2.34. The number of hydrogen-bond donors (Lipinski definition) is 2. The van der Waals surface area contributed by atoms with Crippen LogP contribution in [0.25, 0.3) is 0 Å². The van der Waals surface area contributed by atoms with E-state index in [1.807, 2.05) is 0 Å². The van der Waals surface area contributed by atoms with Crippen LogP contribution >= 0.6 is 12.4 Å². The van der Waals surface area contributed by atoms with Gasteiger partial charge in [-0.25, -0.2) is 13.2 Å². The number of nitrogens with two attached hydrogens (primary N) is 1. The Morgan fingerprint density at radius 3 is 2.33 bits per heavy atom. The molecule has 0 amide bonds. The van der Waals surface area contributed by atoms with E-state index in [9.17, 15) is 13.2 Å². The SMILES string of the molecule is Cl.N[C@@H](c1ccc(F)c(F)c1F)C1CCNCC1. The van der Waals surface area contributed by atoms with Crippen LogP contribution in [0.3, 0.4) is 0 Å². The Kier molecular flexibility index (Phi) is 5.44. The maximum atomic E-state index is 13.6. The molecule has 1 atom stereocenters. The molecule has 6 heteroatoms. The fourth-order valence-electron chi connectivity index (χ4n) is 2.26. The van der Waals surface area contributed by atoms with E-state index in [0.717, 1.165) is 32.0 Å². The van der Waals surface area contributed by atoms with Crippen molar-refractivity contribution >= 4 is 12.4 Å². The number of nitrogens with one attached hydrogen (secondary N) is 1. The van der Waals surface area contributed by atoms with Gasteiger partial charge < -0.3 is 11.1 Å². The van der Waals surface area contributed by atoms with Crippen LogP contribution in [0.4, 0.5) is 13.2 Å². The quantitative estimate of drug-likeness (QED) is 0.817. The molecule has 3 N–H and O–H groups in total. The highest BCUT2D eigenvalue weighted by Crippen LogP contribution is 2.29. The molecule has 2 nitrogen and oxygen atoms in total. The van der Waals surface area contributed by atoms with Crippen molar-refractivity contribution < 1.29 is 13.2 Å². The molecule has 1 aliphatic heterocycles. The van der Waals surface area contributed by atoms with Crippen LogP contribution in [-0.2, 0) is 0 Å². The minimum atomic E-state index is -1.44. The zero-order valence-electron chi connectivity index (χ0n) is 9.76. The summed E-state index contributed by atoms with van der Waals surface area (Å²) in [5, 5.41) is 3.17. The fourth-order valence-corrected chi connectivity index (χ4v) is 2.26. The largest absolute Gasteiger partial charge is 0.324 e. The smallest absolute Gasteiger partial charge is 0.194 e. The van der Waals surface area contributed by atoms with Crippen LogP contribution < -0.4 is 11.1 Å². The van der Waals surface area contributed by atoms with Crippen molar-refractivity contribution in [2.75, 3.05) is 13.1 Å². The van der Waals surface area contributed by atoms with Gasteiger partial charge in [-0.3, -0.25) is 0 Å². The van der Waals surface area contributed by atoms with E-state index in [4.69, 9.17) is 5.73 Å². The average Bonchev–Trinajstić information content (AvgIpc) is 2.36. The van der Waals surface area contributed by atoms with Crippen LogP contribution in [-0.4, -0.2) is 13.1 Å². The standard InChI is InChI=1S/C12H15F3N2.ClH/c13-9-2-1-8(10(14)11(9)15)12(16)7-3-5-17-6-4-7;/h1-2,7,12,17H,3-6,16H2;1H/t12-;/m1./s1. The van der Waals surface area contributed by atoms with E-state index in [2.05, 4.69) is 5.32 Å². The molecular formula is C12H16ClF3N2. The van der Waals surface area contributed by atoms with E-state index >= 15 is 0 Å². The van der Waals surface area contributed by atoms with Gasteiger partial charge in [0.25, 0.3) is 0 Å². The summed E-state index contributed by atoms with van der Waals surface area (Å²) in [4.78, 5) is 0. The van der Waals surface area contributed by atoms with E-state index < -0.39 is 23.5 Å². The maximum absolute atomic E-state index is 13.6. The van der Waals surface area contributed by atoms with E-state index in [-0.39, 0.29) is 23.9 Å². The van der Waals surface area contributed by atoms with Gasteiger partial charge in [0.15, 0.2) is 17.5 Å². The van der Waals surface area contributed by atoms with Crippen molar-refractivity contribution in [2.24, 2.45) is 11.7 Å². The molecule has 0 aliphatic carbocycles. The second kappa shape index (κ2) is 6.41. The summed E-state index contributed by atoms with van der Waals surface area (Å²) in [5.74, 6) is -3.66. The molecule has 1 aromatic carbocycles. The van der Waals surface area contributed by atoms with Gasteiger partial charge in [0, 0.05) is 11.6 Å². The molecule has 1 heterocycles. The fraction of sp³-hybridized carbons (Fsp3) is 0.500. The van der Waals surface area contributed by atoms with Gasteiger partial charge in [-0.2, -0.15) is 0 Å². The van der Waals surface area contributed by atoms with E-state index in [1.54, 1.807) is 0 Å². The summed E-state index contributed by atoms with van der Waals surface area (Å²) in [6.45, 7) is 1.65. The average molecular weight is 281 g/mol. The molecule has 0 saturated carbocycles. The Morgan fingerprint density at radius 1 is 1.11 bits per heavy atom. The zero-order valence-corrected chi connectivity index (χ0v) is 10.6. The Morgan fingerprint density at radius 2 is 1.72 bits per heavy atom. The van der Waals surface area contributed by atoms with Crippen molar-refractivity contribution in [3.05, 3.63) is 35.1 Å². The van der Waals surface area contributed by atoms with Gasteiger partial charge in [-0.1, -0.05) is 6.07 Å². The Balaban J connectivity index is 0.00000162. The van der Waals surface area contributed by atoms with Crippen LogP contribution in [0.2, 0.25) is 0 Å². The first-order valence-electron chi connectivity index (χ1n) is 5.71. The molecule has 2 rings (SSSR count). The molecule has 18 heavy (non-hydrogen) atoms. The van der Waals surface area contributed by atoms with Gasteiger partial charge in [-0.05, 0) is 37.9 Å². The zero-order chi connectivity index (χ0) is 12.4. The molecule has 102 valence electrons. The molecule has 1 aliphatic rings. The lowest BCUT2D eigenvalue weighted by molar-refractivity contribution is 0.313. The molecule has 0 spiro atoms. The number of benzene rings is 1. The summed E-state index contributed by atoms with van der Waals surface area (Å²) in [6, 6.07) is 1.59. The third-order valence-corrected chi connectivity index (χ3v) is 3.32. The maximum Gasteiger partial charge on any atom is 0.194 e. The van der Waals surface area contributed by atoms with Gasteiger partial charge in [0.1, 0.15) is 0 Å². The van der Waals surface area contributed by atoms with Crippen LogP contribution in [0.5, 0.6) is 0 Å². The molecule has 0 radical (unpaired) electrons. The van der Waals surface area contributed by atoms with E-state index in [0.29, 0.717) is 0 Å². The first-order valence-corrected chi connectivity index (χ1v) is 5.71. The minimum Gasteiger partial charge on any atom is -0.324 e. The van der Waals surface area contributed by atoms with Crippen molar-refractivity contribution in [1.29, 1.82) is 0 Å². The number of hydrogen-bond acceptors (Lipinski definition) is 2. The Labute approximate surface area is 110 Å². The molecule has 1 aromatic rings. The summed E-state index contributed by atoms with van der Waals surface area (Å²) < 4.78 is 39.5. The predicted octanol–water partition coefficient (Wildman–Crippen LogP) is 2.53. The minimum absolute atomic E-state index is 0. The second-order valence-electron chi connectivity index (χ2n) is 4.38. The van der Waals surface area contributed by atoms with Gasteiger partial charge in [0.2, 0.25) is 0 Å². The second-order valence-corrected chi connectivity index (χ2v) is 4.38. The number of piperidine rings is 1. The van der Waals surface area contributed by atoms with Crippen molar-refractivity contribution in [3.63, 3.8) is 0 Å². The van der Waals surface area contributed by atoms with Gasteiger partial charge in [0.05, 0.1) is 0 Å². The lowest BCUT2D eigenvalue weighted by Gasteiger charge is -2.28. The number of halogens is 4. The first kappa shape index (κ1) is 15.3. The highest BCUT2D eigenvalue weighted by molar-refractivity contribution is 5.85. The van der Waals surface area contributed by atoms with Crippen LogP contribution in [0.1, 0.15) is 24.4 Å². The molecular weight excluding hydrogens is 265 g/mol. The summed E-state index contributed by atoms with van der Waals surface area (Å²) in [7, 11) is 0. The highest BCUT2D eigenvalue weighted by Gasteiger charge is 2.26. The Hall–Kier alpha value is -0.780. The third kappa shape index (κ3) is 2.96. The highest BCUT2D eigenvalue weighted by atomic mass is 35.5. The molecule has 1 fully saturated rings. The Bertz CT molecular complexity index is 409. The van der Waals surface area contributed by atoms with Crippen molar-refractivity contribution in [2.45, 2.75) is 18.9 Å². The molecule has 0 bridgehead atoms. The van der Waals surface area contributed by atoms with Crippen molar-refractivity contribution in [1.82, 2.24) is 5.32 Å². The van der Waals surface area contributed by atoms with Gasteiger partial charge in [-0.15, -0.1) is 12.4 Å². The van der Waals surface area contributed by atoms with Crippen molar-refractivity contribution in [3.8, 4) is 0 Å². The first-order chi connectivity index (χ1) is 8.11. The molecule has 0 aromatic heterocycles. The predicted molar refractivity (Wildman–Crippen MR) is 66.1 cm³/mol. The van der Waals surface area contributed by atoms with E-state index in [1.165, 1.54) is 6.07 Å². The summed E-state index contributed by atoms with van der Waals surface area (Å²) in [6.07, 6.45) is 1.64. The third-order valence-electron chi connectivity index (χ3n) is 3.32. The molecule has 0 unspecified atom stereocenters. The number of rotatable bonds is 2. The summed E-state index contributed by atoms with van der Waals surface area (Å²) in [5.41, 5.74) is 6.00. The normalized spacial score (nSPS) is 18.2. The molecule has 1 saturated heterocycles. The summed E-state index contributed by atoms with van der Waals surface area (Å²) >= 11 is 0. The topological polar surface area (TPSA) is 38.0 Å². The monoisotopic (exact) mass is 280 g/mol. The van der Waals surface area contributed by atoms with Gasteiger partial charge >= 0.3 is 0 Å².